The molecule has 0 radical (unpaired) electrons. The van der Waals surface area contributed by atoms with E-state index in [-0.39, 0.29) is 11.5 Å². The Kier molecular flexibility index (Phi) is 6.32. The highest BCUT2D eigenvalue weighted by Crippen LogP contribution is 2.26. The van der Waals surface area contributed by atoms with Crippen molar-refractivity contribution in [3.05, 3.63) is 94.1 Å². The number of fused-ring (bicyclic) bond motifs is 1. The fourth-order valence-electron chi connectivity index (χ4n) is 3.81. The van der Waals surface area contributed by atoms with Gasteiger partial charge in [0.1, 0.15) is 0 Å². The summed E-state index contributed by atoms with van der Waals surface area (Å²) in [5.74, 6) is -0.0667. The molecule has 2 heterocycles. The molecule has 0 saturated carbocycles. The Hall–Kier alpha value is -2.75. The SMILES string of the molecule is C[C@H](NS(=O)(=O)C=Cc1nn(Cc2ccccc2)c2c1CS(=O)(=O)CC2)c1ccccc1. The first kappa shape index (κ1) is 22.4. The average molecular weight is 472 g/mol. The van der Waals surface area contributed by atoms with Gasteiger partial charge in [-0.25, -0.2) is 21.6 Å². The van der Waals surface area contributed by atoms with Gasteiger partial charge < -0.3 is 0 Å². The Morgan fingerprint density at radius 3 is 2.44 bits per heavy atom. The molecule has 1 aromatic heterocycles. The summed E-state index contributed by atoms with van der Waals surface area (Å²) in [7, 11) is -7.00. The highest BCUT2D eigenvalue weighted by atomic mass is 32.2. The molecular formula is C23H25N3O4S2. The first-order valence-electron chi connectivity index (χ1n) is 10.3. The van der Waals surface area contributed by atoms with E-state index in [1.54, 1.807) is 11.6 Å². The van der Waals surface area contributed by atoms with Crippen LogP contribution >= 0.6 is 0 Å². The van der Waals surface area contributed by atoms with Crippen LogP contribution in [0.15, 0.2) is 66.1 Å². The average Bonchev–Trinajstić information content (AvgIpc) is 3.08. The molecule has 1 aliphatic heterocycles. The lowest BCUT2D eigenvalue weighted by Crippen LogP contribution is -2.24. The molecule has 0 amide bonds. The second kappa shape index (κ2) is 9.01. The van der Waals surface area contributed by atoms with Crippen LogP contribution in [0.2, 0.25) is 0 Å². The van der Waals surface area contributed by atoms with Crippen molar-refractivity contribution in [2.45, 2.75) is 31.7 Å². The molecule has 0 unspecified atom stereocenters. The predicted octanol–water partition coefficient (Wildman–Crippen LogP) is 3.05. The Morgan fingerprint density at radius 1 is 1.09 bits per heavy atom. The minimum absolute atomic E-state index is 0.0675. The van der Waals surface area contributed by atoms with Crippen LogP contribution in [0.1, 0.15) is 41.0 Å². The molecule has 3 aromatic rings. The van der Waals surface area contributed by atoms with Crippen molar-refractivity contribution < 1.29 is 16.8 Å². The summed E-state index contributed by atoms with van der Waals surface area (Å²) in [5.41, 5.74) is 3.67. The van der Waals surface area contributed by atoms with Gasteiger partial charge in [-0.1, -0.05) is 60.7 Å². The van der Waals surface area contributed by atoms with Crippen molar-refractivity contribution in [1.82, 2.24) is 14.5 Å². The maximum absolute atomic E-state index is 12.6. The van der Waals surface area contributed by atoms with Gasteiger partial charge in [-0.3, -0.25) is 4.68 Å². The van der Waals surface area contributed by atoms with Crippen LogP contribution in [0, 0.1) is 0 Å². The van der Waals surface area contributed by atoms with Gasteiger partial charge in [0.15, 0.2) is 9.84 Å². The molecular weight excluding hydrogens is 446 g/mol. The molecule has 0 fully saturated rings. The quantitative estimate of drug-likeness (QED) is 0.571. The number of nitrogens with zero attached hydrogens (tertiary/aromatic N) is 2. The van der Waals surface area contributed by atoms with E-state index in [1.165, 1.54) is 6.08 Å². The summed E-state index contributed by atoms with van der Waals surface area (Å²) >= 11 is 0. The van der Waals surface area contributed by atoms with Crippen LogP contribution < -0.4 is 4.72 Å². The maximum atomic E-state index is 12.6. The lowest BCUT2D eigenvalue weighted by atomic mass is 10.1. The van der Waals surface area contributed by atoms with Crippen LogP contribution in [0.5, 0.6) is 0 Å². The number of sulfone groups is 1. The van der Waals surface area contributed by atoms with Crippen molar-refractivity contribution >= 4 is 25.9 Å². The van der Waals surface area contributed by atoms with E-state index in [2.05, 4.69) is 9.82 Å². The Morgan fingerprint density at radius 2 is 1.75 bits per heavy atom. The Labute approximate surface area is 188 Å². The van der Waals surface area contributed by atoms with Gasteiger partial charge in [0.2, 0.25) is 10.0 Å². The first-order valence-corrected chi connectivity index (χ1v) is 13.7. The summed E-state index contributed by atoms with van der Waals surface area (Å²) < 4.78 is 54.2. The third-order valence-electron chi connectivity index (χ3n) is 5.43. The second-order valence-corrected chi connectivity index (χ2v) is 11.7. The number of hydrogen-bond acceptors (Lipinski definition) is 5. The Bertz CT molecular complexity index is 1330. The number of aromatic nitrogens is 2. The summed E-state index contributed by atoms with van der Waals surface area (Å²) in [6.07, 6.45) is 1.75. The fourth-order valence-corrected chi connectivity index (χ4v) is 6.22. The lowest BCUT2D eigenvalue weighted by molar-refractivity contribution is 0.576. The van der Waals surface area contributed by atoms with Crippen molar-refractivity contribution in [2.24, 2.45) is 0 Å². The fraction of sp³-hybridized carbons (Fsp3) is 0.261. The number of rotatable bonds is 7. The number of hydrogen-bond donors (Lipinski definition) is 1. The largest absolute Gasteiger partial charge is 0.264 e. The zero-order chi connectivity index (χ0) is 22.8. The minimum Gasteiger partial charge on any atom is -0.264 e. The molecule has 1 N–H and O–H groups in total. The Balaban J connectivity index is 1.61. The van der Waals surface area contributed by atoms with Crippen LogP contribution in [0.4, 0.5) is 0 Å². The van der Waals surface area contributed by atoms with Crippen LogP contribution in [-0.4, -0.2) is 32.4 Å². The molecule has 2 aromatic carbocycles. The third kappa shape index (κ3) is 5.35. The van der Waals surface area contributed by atoms with Crippen molar-refractivity contribution in [1.29, 1.82) is 0 Å². The van der Waals surface area contributed by atoms with Crippen LogP contribution in [-0.2, 0) is 38.6 Å². The molecule has 168 valence electrons. The molecule has 0 saturated heterocycles. The van der Waals surface area contributed by atoms with E-state index in [0.29, 0.717) is 24.2 Å². The van der Waals surface area contributed by atoms with Crippen molar-refractivity contribution in [2.75, 3.05) is 5.75 Å². The molecule has 9 heteroatoms. The van der Waals surface area contributed by atoms with E-state index >= 15 is 0 Å². The van der Waals surface area contributed by atoms with Gasteiger partial charge in [-0.15, -0.1) is 0 Å². The summed E-state index contributed by atoms with van der Waals surface area (Å²) in [4.78, 5) is 0. The third-order valence-corrected chi connectivity index (χ3v) is 8.16. The first-order chi connectivity index (χ1) is 15.2. The summed E-state index contributed by atoms with van der Waals surface area (Å²) in [6.45, 7) is 2.26. The zero-order valence-corrected chi connectivity index (χ0v) is 19.3. The van der Waals surface area contributed by atoms with Crippen molar-refractivity contribution in [3.63, 3.8) is 0 Å². The monoisotopic (exact) mass is 471 g/mol. The second-order valence-electron chi connectivity index (χ2n) is 7.89. The van der Waals surface area contributed by atoms with Crippen LogP contribution in [0.25, 0.3) is 6.08 Å². The molecule has 1 aliphatic rings. The highest BCUT2D eigenvalue weighted by Gasteiger charge is 2.28. The highest BCUT2D eigenvalue weighted by molar-refractivity contribution is 7.92. The normalized spacial score (nSPS) is 16.7. The zero-order valence-electron chi connectivity index (χ0n) is 17.7. The molecule has 7 nitrogen and oxygen atoms in total. The summed E-state index contributed by atoms with van der Waals surface area (Å²) in [6, 6.07) is 18.6. The molecule has 0 spiro atoms. The number of nitrogens with one attached hydrogen (secondary N) is 1. The topological polar surface area (TPSA) is 98.1 Å². The maximum Gasteiger partial charge on any atom is 0.234 e. The predicted molar refractivity (Wildman–Crippen MR) is 125 cm³/mol. The molecule has 1 atom stereocenters. The molecule has 0 aliphatic carbocycles. The van der Waals surface area contributed by atoms with Gasteiger partial charge >= 0.3 is 0 Å². The minimum atomic E-state index is -3.76. The van der Waals surface area contributed by atoms with E-state index < -0.39 is 25.9 Å². The number of benzene rings is 2. The molecule has 32 heavy (non-hydrogen) atoms. The number of sulfonamides is 1. The van der Waals surface area contributed by atoms with E-state index in [0.717, 1.165) is 22.2 Å². The van der Waals surface area contributed by atoms with Gasteiger partial charge in [0, 0.05) is 29.1 Å². The van der Waals surface area contributed by atoms with Crippen LogP contribution in [0.3, 0.4) is 0 Å². The van der Waals surface area contributed by atoms with Gasteiger partial charge in [0.25, 0.3) is 0 Å². The molecule has 0 bridgehead atoms. The van der Waals surface area contributed by atoms with Gasteiger partial charge in [-0.05, 0) is 24.1 Å². The van der Waals surface area contributed by atoms with E-state index in [4.69, 9.17) is 0 Å². The molecule has 4 rings (SSSR count). The lowest BCUT2D eigenvalue weighted by Gasteiger charge is -2.15. The van der Waals surface area contributed by atoms with Crippen molar-refractivity contribution in [3.8, 4) is 0 Å². The van der Waals surface area contributed by atoms with Gasteiger partial charge in [-0.2, -0.15) is 5.10 Å². The van der Waals surface area contributed by atoms with E-state index in [9.17, 15) is 16.8 Å². The summed E-state index contributed by atoms with van der Waals surface area (Å²) in [5, 5.41) is 5.62. The van der Waals surface area contributed by atoms with E-state index in [1.807, 2.05) is 60.7 Å². The smallest absolute Gasteiger partial charge is 0.234 e. The standard InChI is InChI=1S/C23H25N3O4S2/c1-18(20-10-6-3-7-11-20)25-32(29,30)15-12-22-21-17-31(27,28)14-13-23(21)26(24-22)16-19-8-4-2-5-9-19/h2-12,15,18,25H,13-14,16-17H2,1H3/t18-/m0/s1. The van der Waals surface area contributed by atoms with Gasteiger partial charge in [0.05, 0.1) is 23.7 Å².